The monoisotopic (exact) mass is 402 g/mol. The molecule has 8 heteroatoms. The van der Waals surface area contributed by atoms with E-state index in [9.17, 15) is 22.4 Å². The summed E-state index contributed by atoms with van der Waals surface area (Å²) in [6, 6.07) is 10.4. The molecule has 0 atom stereocenters. The lowest BCUT2D eigenvalue weighted by Gasteiger charge is -2.15. The quantitative estimate of drug-likeness (QED) is 0.616. The Kier molecular flexibility index (Phi) is 5.60. The van der Waals surface area contributed by atoms with Gasteiger partial charge in [0.1, 0.15) is 5.82 Å². The molecule has 2 amide bonds. The molecule has 1 aliphatic rings. The van der Waals surface area contributed by atoms with Gasteiger partial charge in [0.25, 0.3) is 0 Å². The maximum atomic E-state index is 13.8. The van der Waals surface area contributed by atoms with Gasteiger partial charge in [-0.25, -0.2) is 12.8 Å². The lowest BCUT2D eigenvalue weighted by molar-refractivity contribution is -0.117. The van der Waals surface area contributed by atoms with Crippen molar-refractivity contribution in [2.75, 3.05) is 23.0 Å². The van der Waals surface area contributed by atoms with E-state index in [0.29, 0.717) is 13.0 Å². The highest BCUT2D eigenvalue weighted by Gasteiger charge is 2.21. The molecular weight excluding hydrogens is 383 g/mol. The fourth-order valence-corrected chi connectivity index (χ4v) is 3.51. The van der Waals surface area contributed by atoms with Crippen LogP contribution in [-0.2, 0) is 19.4 Å². The van der Waals surface area contributed by atoms with Gasteiger partial charge >= 0.3 is 0 Å². The first-order valence-corrected chi connectivity index (χ1v) is 10.5. The second-order valence-electron chi connectivity index (χ2n) is 6.48. The average molecular weight is 402 g/mol. The van der Waals surface area contributed by atoms with Gasteiger partial charge in [-0.15, -0.1) is 0 Å². The number of amides is 2. The van der Waals surface area contributed by atoms with Crippen LogP contribution in [0.1, 0.15) is 18.4 Å². The fraction of sp³-hybridized carbons (Fsp3) is 0.200. The number of anilines is 2. The Morgan fingerprint density at radius 3 is 2.50 bits per heavy atom. The minimum atomic E-state index is -3.51. The Morgan fingerprint density at radius 2 is 1.89 bits per heavy atom. The Morgan fingerprint density at radius 1 is 1.18 bits per heavy atom. The standard InChI is InChI=1S/C20H19FN2O4S/c1-28(26,27)16-9-10-17(21)18(13-16)22-19(24)11-6-14-4-7-15(8-5-14)23-12-2-3-20(23)25/h4-11,13H,2-3,12H2,1H3,(H,22,24)/b11-6+. The molecule has 0 radical (unpaired) electrons. The maximum Gasteiger partial charge on any atom is 0.248 e. The normalized spacial score (nSPS) is 14.6. The van der Waals surface area contributed by atoms with Gasteiger partial charge < -0.3 is 10.2 Å². The van der Waals surface area contributed by atoms with Crippen LogP contribution in [-0.4, -0.2) is 33.0 Å². The van der Waals surface area contributed by atoms with Crippen LogP contribution in [0.5, 0.6) is 0 Å². The van der Waals surface area contributed by atoms with Crippen LogP contribution < -0.4 is 10.2 Å². The Hall–Kier alpha value is -3.00. The van der Waals surface area contributed by atoms with Crippen LogP contribution in [0, 0.1) is 5.82 Å². The molecule has 0 spiro atoms. The Labute approximate surface area is 162 Å². The number of nitrogens with zero attached hydrogens (tertiary/aromatic N) is 1. The predicted octanol–water partition coefficient (Wildman–Crippen LogP) is 3.01. The Bertz CT molecular complexity index is 1050. The van der Waals surface area contributed by atoms with Crippen LogP contribution in [0.2, 0.25) is 0 Å². The summed E-state index contributed by atoms with van der Waals surface area (Å²) in [5.41, 5.74) is 1.33. The lowest BCUT2D eigenvalue weighted by atomic mass is 10.2. The van der Waals surface area contributed by atoms with Crippen molar-refractivity contribution in [1.29, 1.82) is 0 Å². The minimum absolute atomic E-state index is 0.0831. The van der Waals surface area contributed by atoms with Crippen molar-refractivity contribution >= 4 is 39.1 Å². The SMILES string of the molecule is CS(=O)(=O)c1ccc(F)c(NC(=O)/C=C/c2ccc(N3CCCC3=O)cc2)c1. The van der Waals surface area contributed by atoms with E-state index in [-0.39, 0.29) is 16.5 Å². The van der Waals surface area contributed by atoms with Crippen molar-refractivity contribution in [2.24, 2.45) is 0 Å². The molecule has 0 saturated carbocycles. The Balaban J connectivity index is 1.68. The molecule has 0 aromatic heterocycles. The summed E-state index contributed by atoms with van der Waals surface area (Å²) in [4.78, 5) is 25.4. The summed E-state index contributed by atoms with van der Waals surface area (Å²) < 4.78 is 37.0. The molecule has 0 unspecified atom stereocenters. The van der Waals surface area contributed by atoms with Crippen LogP contribution >= 0.6 is 0 Å². The summed E-state index contributed by atoms with van der Waals surface area (Å²) in [6.45, 7) is 0.703. The number of benzene rings is 2. The predicted molar refractivity (Wildman–Crippen MR) is 105 cm³/mol. The number of halogens is 1. The van der Waals surface area contributed by atoms with E-state index in [4.69, 9.17) is 0 Å². The first-order valence-electron chi connectivity index (χ1n) is 8.63. The zero-order valence-electron chi connectivity index (χ0n) is 15.2. The van der Waals surface area contributed by atoms with Crippen LogP contribution in [0.15, 0.2) is 53.4 Å². The highest BCUT2D eigenvalue weighted by Crippen LogP contribution is 2.22. The van der Waals surface area contributed by atoms with E-state index >= 15 is 0 Å². The molecule has 6 nitrogen and oxygen atoms in total. The van der Waals surface area contributed by atoms with Crippen molar-refractivity contribution in [3.05, 3.63) is 59.9 Å². The summed E-state index contributed by atoms with van der Waals surface area (Å²) in [5.74, 6) is -1.22. The summed E-state index contributed by atoms with van der Waals surface area (Å²) in [5, 5.41) is 2.34. The van der Waals surface area contributed by atoms with Gasteiger partial charge in [0.15, 0.2) is 9.84 Å². The third-order valence-corrected chi connectivity index (χ3v) is 5.44. The number of sulfone groups is 1. The highest BCUT2D eigenvalue weighted by molar-refractivity contribution is 7.90. The zero-order valence-corrected chi connectivity index (χ0v) is 16.0. The van der Waals surface area contributed by atoms with Crippen molar-refractivity contribution in [3.8, 4) is 0 Å². The molecule has 146 valence electrons. The number of nitrogens with one attached hydrogen (secondary N) is 1. The van der Waals surface area contributed by atoms with Gasteiger partial charge in [0, 0.05) is 31.0 Å². The molecule has 0 aliphatic carbocycles. The molecular formula is C20H19FN2O4S. The second kappa shape index (κ2) is 7.93. The van der Waals surface area contributed by atoms with Gasteiger partial charge in [-0.2, -0.15) is 0 Å². The molecule has 1 N–H and O–H groups in total. The van der Waals surface area contributed by atoms with Crippen molar-refractivity contribution in [3.63, 3.8) is 0 Å². The molecule has 3 rings (SSSR count). The molecule has 2 aromatic carbocycles. The number of carbonyl (C=O) groups excluding carboxylic acids is 2. The molecule has 2 aromatic rings. The summed E-state index contributed by atoms with van der Waals surface area (Å²) in [7, 11) is -3.51. The van der Waals surface area contributed by atoms with Crippen molar-refractivity contribution in [2.45, 2.75) is 17.7 Å². The van der Waals surface area contributed by atoms with Gasteiger partial charge in [0.05, 0.1) is 10.6 Å². The molecule has 1 aliphatic heterocycles. The summed E-state index contributed by atoms with van der Waals surface area (Å²) >= 11 is 0. The average Bonchev–Trinajstić information content (AvgIpc) is 3.07. The van der Waals surface area contributed by atoms with Gasteiger partial charge in [-0.05, 0) is 48.4 Å². The zero-order chi connectivity index (χ0) is 20.3. The largest absolute Gasteiger partial charge is 0.320 e. The number of hydrogen-bond acceptors (Lipinski definition) is 4. The van der Waals surface area contributed by atoms with Crippen LogP contribution in [0.25, 0.3) is 6.08 Å². The summed E-state index contributed by atoms with van der Waals surface area (Å²) in [6.07, 6.45) is 5.17. The van der Waals surface area contributed by atoms with Gasteiger partial charge in [-0.3, -0.25) is 9.59 Å². The number of rotatable bonds is 5. The maximum absolute atomic E-state index is 13.8. The fourth-order valence-electron chi connectivity index (χ4n) is 2.86. The van der Waals surface area contributed by atoms with E-state index in [1.165, 1.54) is 6.08 Å². The van der Waals surface area contributed by atoms with Crippen molar-refractivity contribution < 1.29 is 22.4 Å². The van der Waals surface area contributed by atoms with E-state index < -0.39 is 21.6 Å². The first-order chi connectivity index (χ1) is 13.2. The van der Waals surface area contributed by atoms with E-state index in [1.807, 2.05) is 0 Å². The van der Waals surface area contributed by atoms with Crippen LogP contribution in [0.4, 0.5) is 15.8 Å². The van der Waals surface area contributed by atoms with Gasteiger partial charge in [-0.1, -0.05) is 12.1 Å². The molecule has 28 heavy (non-hydrogen) atoms. The number of carbonyl (C=O) groups is 2. The highest BCUT2D eigenvalue weighted by atomic mass is 32.2. The topological polar surface area (TPSA) is 83.6 Å². The lowest BCUT2D eigenvalue weighted by Crippen LogP contribution is -2.23. The first kappa shape index (κ1) is 19.8. The third-order valence-electron chi connectivity index (χ3n) is 4.33. The molecule has 1 saturated heterocycles. The smallest absolute Gasteiger partial charge is 0.248 e. The van der Waals surface area contributed by atoms with Gasteiger partial charge in [0.2, 0.25) is 11.8 Å². The van der Waals surface area contributed by atoms with E-state index in [1.54, 1.807) is 35.2 Å². The number of hydrogen-bond donors (Lipinski definition) is 1. The van der Waals surface area contributed by atoms with Crippen LogP contribution in [0.3, 0.4) is 0 Å². The minimum Gasteiger partial charge on any atom is -0.320 e. The molecule has 1 fully saturated rings. The second-order valence-corrected chi connectivity index (χ2v) is 8.49. The molecule has 0 bridgehead atoms. The van der Waals surface area contributed by atoms with E-state index in [0.717, 1.165) is 42.1 Å². The van der Waals surface area contributed by atoms with Crippen molar-refractivity contribution in [1.82, 2.24) is 0 Å². The molecule has 1 heterocycles. The van der Waals surface area contributed by atoms with E-state index in [2.05, 4.69) is 5.32 Å². The third kappa shape index (κ3) is 4.64.